The van der Waals surface area contributed by atoms with Crippen LogP contribution in [-0.4, -0.2) is 4.98 Å². The summed E-state index contributed by atoms with van der Waals surface area (Å²) in [5.74, 6) is 0. The minimum Gasteiger partial charge on any atom is -0.303 e. The van der Waals surface area contributed by atoms with Gasteiger partial charge in [0, 0.05) is 21.1 Å². The molecule has 0 aromatic carbocycles. The van der Waals surface area contributed by atoms with Crippen LogP contribution in [0.2, 0.25) is 5.02 Å². The maximum atomic E-state index is 5.45. The molecule has 1 heterocycles. The molecule has 0 unspecified atom stereocenters. The smallest absolute Gasteiger partial charge is 0 e. The molecule has 0 spiro atoms. The molecular weight excluding hydrogens is 293 g/mol. The second-order valence-corrected chi connectivity index (χ2v) is 1.54. The zero-order valence-electron chi connectivity index (χ0n) is 3.97. The van der Waals surface area contributed by atoms with Crippen molar-refractivity contribution in [3.8, 4) is 0 Å². The minimum atomic E-state index is 0. The Morgan fingerprint density at radius 3 is 2.62 bits per heavy atom. The van der Waals surface area contributed by atoms with E-state index in [-0.39, 0.29) is 21.1 Å². The van der Waals surface area contributed by atoms with Gasteiger partial charge in [-0.1, -0.05) is 11.2 Å². The van der Waals surface area contributed by atoms with Crippen molar-refractivity contribution >= 4 is 11.6 Å². The molecule has 1 aromatic heterocycles. The van der Waals surface area contributed by atoms with Crippen molar-refractivity contribution in [3.63, 3.8) is 0 Å². The van der Waals surface area contributed by atoms with Gasteiger partial charge < -0.3 is 4.98 Å². The van der Waals surface area contributed by atoms with E-state index < -0.39 is 0 Å². The molecule has 0 radical (unpaired) electrons. The van der Waals surface area contributed by atoms with E-state index >= 15 is 0 Å². The molecule has 0 aliphatic carbocycles. The molecule has 1 rings (SSSR count). The summed E-state index contributed by atoms with van der Waals surface area (Å²) in [7, 11) is 0. The Labute approximate surface area is 67.3 Å². The van der Waals surface area contributed by atoms with Crippen LogP contribution in [-0.2, 0) is 21.1 Å². The first-order valence-corrected chi connectivity index (χ1v) is 2.24. The summed E-state index contributed by atoms with van der Waals surface area (Å²) in [6.07, 6.45) is 3.13. The molecule has 0 saturated heterocycles. The molecule has 42 valence electrons. The van der Waals surface area contributed by atoms with Crippen LogP contribution in [0, 0.1) is 6.07 Å². The number of aromatic nitrogens is 1. The predicted octanol–water partition coefficient (Wildman–Crippen LogP) is 1.53. The van der Waals surface area contributed by atoms with Crippen LogP contribution in [0.15, 0.2) is 18.5 Å². The van der Waals surface area contributed by atoms with Crippen LogP contribution in [0.1, 0.15) is 0 Å². The summed E-state index contributed by atoms with van der Waals surface area (Å²) in [6.45, 7) is 0. The molecule has 0 N–H and O–H groups in total. The largest absolute Gasteiger partial charge is 0.303 e. The topological polar surface area (TPSA) is 12.9 Å². The number of hydrogen-bond donors (Lipinski definition) is 0. The third kappa shape index (κ3) is 2.44. The second kappa shape index (κ2) is 4.05. The predicted molar refractivity (Wildman–Crippen MR) is 28.1 cm³/mol. The van der Waals surface area contributed by atoms with E-state index in [1.807, 2.05) is 0 Å². The third-order valence-corrected chi connectivity index (χ3v) is 0.775. The van der Waals surface area contributed by atoms with Gasteiger partial charge in [0.05, 0.1) is 0 Å². The zero-order chi connectivity index (χ0) is 5.11. The van der Waals surface area contributed by atoms with Gasteiger partial charge in [0.1, 0.15) is 0 Å². The summed E-state index contributed by atoms with van der Waals surface area (Å²) in [6, 6.07) is 4.38. The maximum absolute atomic E-state index is 5.45. The Morgan fingerprint density at radius 1 is 1.62 bits per heavy atom. The summed E-state index contributed by atoms with van der Waals surface area (Å²) < 4.78 is 0. The van der Waals surface area contributed by atoms with Gasteiger partial charge >= 0.3 is 0 Å². The first-order chi connectivity index (χ1) is 3.39. The van der Waals surface area contributed by atoms with Gasteiger partial charge in [-0.15, -0.1) is 0 Å². The fourth-order valence-electron chi connectivity index (χ4n) is 0.306. The average molecular weight is 296 g/mol. The maximum Gasteiger partial charge on any atom is 0 e. The summed E-state index contributed by atoms with van der Waals surface area (Å²) in [5, 5.41) is 0.627. The molecule has 0 fully saturated rings. The van der Waals surface area contributed by atoms with Gasteiger partial charge in [0.15, 0.2) is 0 Å². The first-order valence-electron chi connectivity index (χ1n) is 1.86. The monoisotopic (exact) mass is 296 g/mol. The molecule has 8 heavy (non-hydrogen) atoms. The van der Waals surface area contributed by atoms with Gasteiger partial charge in [-0.2, -0.15) is 0 Å². The van der Waals surface area contributed by atoms with Crippen molar-refractivity contribution < 1.29 is 21.1 Å². The van der Waals surface area contributed by atoms with E-state index in [4.69, 9.17) is 11.6 Å². The van der Waals surface area contributed by atoms with Crippen molar-refractivity contribution in [2.24, 2.45) is 0 Å². The van der Waals surface area contributed by atoms with E-state index in [2.05, 4.69) is 11.1 Å². The molecule has 0 aliphatic heterocycles. The van der Waals surface area contributed by atoms with Gasteiger partial charge in [0.2, 0.25) is 0 Å². The standard InChI is InChI=1S/C5H3ClN.W/c6-5-2-1-3-7-4-5;/h2-4H;/q-1;. The van der Waals surface area contributed by atoms with Crippen LogP contribution in [0.3, 0.4) is 0 Å². The number of halogens is 1. The van der Waals surface area contributed by atoms with Crippen molar-refractivity contribution in [1.29, 1.82) is 0 Å². The Kier molecular flexibility index (Phi) is 4.12. The molecular formula is C5H3ClNW-. The van der Waals surface area contributed by atoms with E-state index in [1.165, 1.54) is 0 Å². The molecule has 0 bridgehead atoms. The molecule has 0 atom stereocenters. The van der Waals surface area contributed by atoms with Crippen LogP contribution in [0.5, 0.6) is 0 Å². The van der Waals surface area contributed by atoms with Crippen LogP contribution in [0.25, 0.3) is 0 Å². The quantitative estimate of drug-likeness (QED) is 0.662. The molecule has 0 amide bonds. The Balaban J connectivity index is 0.000000490. The van der Waals surface area contributed by atoms with Gasteiger partial charge in [0.25, 0.3) is 0 Å². The summed E-state index contributed by atoms with van der Waals surface area (Å²) >= 11 is 5.45. The number of nitrogens with zero attached hydrogens (tertiary/aromatic N) is 1. The fourth-order valence-corrected chi connectivity index (χ4v) is 0.425. The SMILES string of the molecule is Clc1c[c-]cnc1.[W]. The van der Waals surface area contributed by atoms with E-state index in [1.54, 1.807) is 18.5 Å². The molecule has 0 aliphatic rings. The second-order valence-electron chi connectivity index (χ2n) is 1.10. The summed E-state index contributed by atoms with van der Waals surface area (Å²) in [5.41, 5.74) is 0. The number of hydrogen-bond acceptors (Lipinski definition) is 1. The average Bonchev–Trinajstić information content (AvgIpc) is 1.69. The van der Waals surface area contributed by atoms with Crippen LogP contribution in [0.4, 0.5) is 0 Å². The van der Waals surface area contributed by atoms with Gasteiger partial charge in [-0.25, -0.2) is 23.7 Å². The van der Waals surface area contributed by atoms with E-state index in [0.717, 1.165) is 0 Å². The Bertz CT molecular complexity index is 142. The Hall–Kier alpha value is 0.128. The molecule has 1 nitrogen and oxygen atoms in total. The van der Waals surface area contributed by atoms with Crippen molar-refractivity contribution in [3.05, 3.63) is 29.5 Å². The van der Waals surface area contributed by atoms with Crippen molar-refractivity contribution in [2.75, 3.05) is 0 Å². The van der Waals surface area contributed by atoms with E-state index in [0.29, 0.717) is 5.02 Å². The molecule has 0 saturated carbocycles. The van der Waals surface area contributed by atoms with Gasteiger partial charge in [-0.05, 0) is 6.20 Å². The normalized spacial score (nSPS) is 7.62. The van der Waals surface area contributed by atoms with Crippen molar-refractivity contribution in [1.82, 2.24) is 4.98 Å². The summed E-state index contributed by atoms with van der Waals surface area (Å²) in [4.78, 5) is 3.70. The number of pyridine rings is 1. The zero-order valence-corrected chi connectivity index (χ0v) is 7.65. The third-order valence-electron chi connectivity index (χ3n) is 0.568. The van der Waals surface area contributed by atoms with Gasteiger partial charge in [-0.3, -0.25) is 0 Å². The van der Waals surface area contributed by atoms with Crippen molar-refractivity contribution in [2.45, 2.75) is 0 Å². The van der Waals surface area contributed by atoms with Crippen LogP contribution >= 0.6 is 11.6 Å². The van der Waals surface area contributed by atoms with E-state index in [9.17, 15) is 0 Å². The fraction of sp³-hybridized carbons (Fsp3) is 0. The minimum absolute atomic E-state index is 0. The number of rotatable bonds is 0. The van der Waals surface area contributed by atoms with Crippen LogP contribution < -0.4 is 0 Å². The first kappa shape index (κ1) is 8.13. The Morgan fingerprint density at radius 2 is 2.38 bits per heavy atom. The molecule has 1 aromatic rings. The molecule has 3 heteroatoms.